The zero-order valence-corrected chi connectivity index (χ0v) is 9.32. The molecule has 78 valence electrons. The third-order valence-electron chi connectivity index (χ3n) is 2.68. The fraction of sp³-hybridized carbons (Fsp3) is 0.231. The van der Waals surface area contributed by atoms with Gasteiger partial charge in [0.15, 0.2) is 0 Å². The summed E-state index contributed by atoms with van der Waals surface area (Å²) >= 11 is 0. The minimum absolute atomic E-state index is 0.923. The summed E-state index contributed by atoms with van der Waals surface area (Å²) in [7, 11) is 3.76. The molecule has 2 aromatic rings. The number of ether oxygens (including phenoxy) is 1. The van der Waals surface area contributed by atoms with Gasteiger partial charge in [0.2, 0.25) is 0 Å². The Hall–Kier alpha value is -1.70. The number of allylic oxidation sites excluding steroid dienone is 1. The summed E-state index contributed by atoms with van der Waals surface area (Å²) in [5.41, 5.74) is 2.38. The number of benzene rings is 1. The molecular formula is C13H15NO. The van der Waals surface area contributed by atoms with Crippen molar-refractivity contribution in [3.63, 3.8) is 0 Å². The van der Waals surface area contributed by atoms with E-state index in [4.69, 9.17) is 4.74 Å². The Morgan fingerprint density at radius 1 is 1.33 bits per heavy atom. The lowest BCUT2D eigenvalue weighted by atomic mass is 10.1. The summed E-state index contributed by atoms with van der Waals surface area (Å²) in [6, 6.07) is 8.37. The molecule has 0 fully saturated rings. The molecule has 1 aromatic heterocycles. The first-order valence-electron chi connectivity index (χ1n) is 5.02. The summed E-state index contributed by atoms with van der Waals surface area (Å²) < 4.78 is 7.47. The van der Waals surface area contributed by atoms with E-state index >= 15 is 0 Å². The van der Waals surface area contributed by atoms with Crippen LogP contribution in [0, 0.1) is 0 Å². The lowest BCUT2D eigenvalue weighted by Gasteiger charge is -2.07. The van der Waals surface area contributed by atoms with Crippen LogP contribution in [0.1, 0.15) is 12.5 Å². The maximum Gasteiger partial charge on any atom is 0.122 e. The molecule has 0 radical (unpaired) electrons. The number of nitrogens with zero attached hydrogens (tertiary/aromatic N) is 1. The topological polar surface area (TPSA) is 14.2 Å². The molecule has 2 nitrogen and oxygen atoms in total. The molecule has 0 unspecified atom stereocenters. The molecule has 2 heteroatoms. The highest BCUT2D eigenvalue weighted by atomic mass is 16.5. The molecule has 0 bridgehead atoms. The van der Waals surface area contributed by atoms with E-state index in [-0.39, 0.29) is 0 Å². The number of hydrogen-bond donors (Lipinski definition) is 0. The molecule has 0 saturated carbocycles. The smallest absolute Gasteiger partial charge is 0.122 e. The summed E-state index contributed by atoms with van der Waals surface area (Å²) in [4.78, 5) is 0. The molecule has 1 aromatic carbocycles. The minimum atomic E-state index is 0.923. The Balaban J connectivity index is 2.71. The van der Waals surface area contributed by atoms with Gasteiger partial charge in [-0.1, -0.05) is 12.1 Å². The van der Waals surface area contributed by atoms with Crippen molar-refractivity contribution < 1.29 is 4.74 Å². The molecule has 2 rings (SSSR count). The Morgan fingerprint density at radius 3 is 2.80 bits per heavy atom. The Labute approximate surface area is 89.8 Å². The summed E-state index contributed by atoms with van der Waals surface area (Å²) in [6.07, 6.45) is 4.05. The third-order valence-corrected chi connectivity index (χ3v) is 2.68. The Bertz CT molecular complexity index is 508. The predicted molar refractivity (Wildman–Crippen MR) is 63.6 cm³/mol. The van der Waals surface area contributed by atoms with Crippen LogP contribution in [-0.4, -0.2) is 11.7 Å². The van der Waals surface area contributed by atoms with Crippen molar-refractivity contribution in [2.45, 2.75) is 6.92 Å². The monoisotopic (exact) mass is 201 g/mol. The number of methoxy groups -OCH3 is 1. The minimum Gasteiger partial charge on any atom is -0.496 e. The van der Waals surface area contributed by atoms with Crippen LogP contribution in [-0.2, 0) is 11.8 Å². The molecule has 0 saturated heterocycles. The molecule has 0 amide bonds. The number of hydrogen-bond acceptors (Lipinski definition) is 1. The highest BCUT2D eigenvalue weighted by Gasteiger charge is 2.07. The number of aryl methyl sites for hydroxylation is 1. The second kappa shape index (κ2) is 3.81. The van der Waals surface area contributed by atoms with Crippen molar-refractivity contribution in [3.8, 4) is 0 Å². The average molecular weight is 201 g/mol. The second-order valence-electron chi connectivity index (χ2n) is 3.52. The van der Waals surface area contributed by atoms with Crippen molar-refractivity contribution in [2.24, 2.45) is 7.05 Å². The van der Waals surface area contributed by atoms with Gasteiger partial charge in [0.05, 0.1) is 7.11 Å². The van der Waals surface area contributed by atoms with Gasteiger partial charge in [-0.3, -0.25) is 0 Å². The molecule has 0 atom stereocenters. The van der Waals surface area contributed by atoms with Crippen molar-refractivity contribution in [1.82, 2.24) is 4.57 Å². The average Bonchev–Trinajstić information content (AvgIpc) is 2.64. The lowest BCUT2D eigenvalue weighted by Crippen LogP contribution is -1.89. The molecule has 0 aliphatic heterocycles. The summed E-state index contributed by atoms with van der Waals surface area (Å²) in [5.74, 6) is 0.923. The summed E-state index contributed by atoms with van der Waals surface area (Å²) in [6.45, 7) is 1.99. The number of fused-ring (bicyclic) bond motifs is 1. The fourth-order valence-corrected chi connectivity index (χ4v) is 1.90. The normalized spacial score (nSPS) is 12.1. The van der Waals surface area contributed by atoms with Gasteiger partial charge in [-0.2, -0.15) is 0 Å². The van der Waals surface area contributed by atoms with Crippen molar-refractivity contribution in [1.29, 1.82) is 0 Å². The highest BCUT2D eigenvalue weighted by molar-refractivity contribution is 5.91. The largest absolute Gasteiger partial charge is 0.496 e. The van der Waals surface area contributed by atoms with Gasteiger partial charge in [-0.25, -0.2) is 0 Å². The maximum absolute atomic E-state index is 5.35. The fourth-order valence-electron chi connectivity index (χ4n) is 1.90. The highest BCUT2D eigenvalue weighted by Crippen LogP contribution is 2.25. The molecule has 15 heavy (non-hydrogen) atoms. The third kappa shape index (κ3) is 1.52. The SMILES string of the molecule is CC=C(OC)c1cccc2c1ccn2C. The van der Waals surface area contributed by atoms with Gasteiger partial charge in [0.25, 0.3) is 0 Å². The summed E-state index contributed by atoms with van der Waals surface area (Å²) in [5, 5.41) is 1.23. The van der Waals surface area contributed by atoms with E-state index in [0.717, 1.165) is 11.3 Å². The predicted octanol–water partition coefficient (Wildman–Crippen LogP) is 3.19. The van der Waals surface area contributed by atoms with Crippen molar-refractivity contribution in [2.75, 3.05) is 7.11 Å². The Kier molecular flexibility index (Phi) is 2.50. The maximum atomic E-state index is 5.35. The molecule has 1 heterocycles. The Morgan fingerprint density at radius 2 is 2.13 bits per heavy atom. The quantitative estimate of drug-likeness (QED) is 0.681. The molecular weight excluding hydrogens is 186 g/mol. The van der Waals surface area contributed by atoms with E-state index in [9.17, 15) is 0 Å². The van der Waals surface area contributed by atoms with Crippen LogP contribution in [0.2, 0.25) is 0 Å². The van der Waals surface area contributed by atoms with Gasteiger partial charge >= 0.3 is 0 Å². The van der Waals surface area contributed by atoms with E-state index < -0.39 is 0 Å². The van der Waals surface area contributed by atoms with Crippen molar-refractivity contribution in [3.05, 3.63) is 42.1 Å². The van der Waals surface area contributed by atoms with E-state index in [2.05, 4.69) is 35.0 Å². The number of aromatic nitrogens is 1. The first-order chi connectivity index (χ1) is 7.27. The van der Waals surface area contributed by atoms with E-state index in [1.807, 2.05) is 20.0 Å². The van der Waals surface area contributed by atoms with E-state index in [1.165, 1.54) is 10.9 Å². The van der Waals surface area contributed by atoms with Crippen molar-refractivity contribution >= 4 is 16.7 Å². The van der Waals surface area contributed by atoms with Crippen LogP contribution in [0.15, 0.2) is 36.5 Å². The van der Waals surface area contributed by atoms with Crippen LogP contribution >= 0.6 is 0 Å². The van der Waals surface area contributed by atoms with Gasteiger partial charge in [0.1, 0.15) is 5.76 Å². The van der Waals surface area contributed by atoms with Crippen LogP contribution in [0.25, 0.3) is 16.7 Å². The molecule has 0 aliphatic rings. The first kappa shape index (κ1) is 9.84. The second-order valence-corrected chi connectivity index (χ2v) is 3.52. The van der Waals surface area contributed by atoms with Crippen LogP contribution < -0.4 is 0 Å². The van der Waals surface area contributed by atoms with E-state index in [1.54, 1.807) is 7.11 Å². The zero-order valence-electron chi connectivity index (χ0n) is 9.32. The van der Waals surface area contributed by atoms with Crippen LogP contribution in [0.5, 0.6) is 0 Å². The van der Waals surface area contributed by atoms with Crippen LogP contribution in [0.3, 0.4) is 0 Å². The van der Waals surface area contributed by atoms with Gasteiger partial charge in [-0.05, 0) is 25.1 Å². The van der Waals surface area contributed by atoms with Gasteiger partial charge in [0, 0.05) is 29.7 Å². The number of rotatable bonds is 2. The molecule has 0 spiro atoms. The van der Waals surface area contributed by atoms with E-state index in [0.29, 0.717) is 0 Å². The van der Waals surface area contributed by atoms with Gasteiger partial charge in [-0.15, -0.1) is 0 Å². The molecule has 0 aliphatic carbocycles. The standard InChI is InChI=1S/C13H15NO/c1-4-13(15-3)11-6-5-7-12-10(11)8-9-14(12)2/h4-9H,1-3H3. The molecule has 0 N–H and O–H groups in total. The lowest BCUT2D eigenvalue weighted by molar-refractivity contribution is 0.370. The zero-order chi connectivity index (χ0) is 10.8. The first-order valence-corrected chi connectivity index (χ1v) is 5.02. The van der Waals surface area contributed by atoms with Crippen LogP contribution in [0.4, 0.5) is 0 Å². The van der Waals surface area contributed by atoms with Gasteiger partial charge < -0.3 is 9.30 Å².